The first kappa shape index (κ1) is 16.5. The molecule has 3 nitrogen and oxygen atoms in total. The van der Waals surface area contributed by atoms with Gasteiger partial charge in [-0.15, -0.1) is 0 Å². The maximum Gasteiger partial charge on any atom is 0.327 e. The number of esters is 1. The molecule has 0 aromatic heterocycles. The Morgan fingerprint density at radius 2 is 1.96 bits per heavy atom. The molecule has 1 atom stereocenters. The topological polar surface area (TPSA) is 29.5 Å². The van der Waals surface area contributed by atoms with Crippen molar-refractivity contribution in [1.29, 1.82) is 0 Å². The molecule has 3 rings (SSSR count). The Labute approximate surface area is 140 Å². The third kappa shape index (κ3) is 3.95. The van der Waals surface area contributed by atoms with Crippen molar-refractivity contribution >= 4 is 5.97 Å². The number of rotatable bonds is 4. The van der Waals surface area contributed by atoms with E-state index in [1.165, 1.54) is 18.4 Å². The minimum absolute atomic E-state index is 0.00892. The lowest BCUT2D eigenvalue weighted by Crippen LogP contribution is -2.51. The van der Waals surface area contributed by atoms with Crippen molar-refractivity contribution < 1.29 is 9.53 Å². The van der Waals surface area contributed by atoms with Crippen LogP contribution in [0.25, 0.3) is 0 Å². The van der Waals surface area contributed by atoms with Crippen LogP contribution in [0.15, 0.2) is 30.3 Å². The summed E-state index contributed by atoms with van der Waals surface area (Å²) in [6.45, 7) is 7.92. The fraction of sp³-hybridized carbons (Fsp3) is 0.650. The number of hydrogen-bond donors (Lipinski definition) is 0. The van der Waals surface area contributed by atoms with E-state index in [9.17, 15) is 4.79 Å². The average Bonchev–Trinajstić information content (AvgIpc) is 3.28. The van der Waals surface area contributed by atoms with Gasteiger partial charge >= 0.3 is 5.97 Å². The molecule has 23 heavy (non-hydrogen) atoms. The van der Waals surface area contributed by atoms with Gasteiger partial charge in [0.1, 0.15) is 11.1 Å². The predicted octanol–water partition coefficient (Wildman–Crippen LogP) is 3.82. The van der Waals surface area contributed by atoms with E-state index in [1.54, 1.807) is 0 Å². The summed E-state index contributed by atoms with van der Waals surface area (Å²) in [5, 5.41) is 0. The van der Waals surface area contributed by atoms with E-state index in [2.05, 4.69) is 35.2 Å². The molecule has 0 bridgehead atoms. The van der Waals surface area contributed by atoms with E-state index in [0.29, 0.717) is 5.92 Å². The van der Waals surface area contributed by atoms with Gasteiger partial charge in [0.25, 0.3) is 0 Å². The molecule has 2 fully saturated rings. The Balaban J connectivity index is 1.63. The molecule has 1 aliphatic heterocycles. The van der Waals surface area contributed by atoms with Crippen LogP contribution in [-0.4, -0.2) is 35.1 Å². The van der Waals surface area contributed by atoms with Gasteiger partial charge in [-0.1, -0.05) is 30.3 Å². The molecule has 0 amide bonds. The first-order chi connectivity index (χ1) is 10.9. The summed E-state index contributed by atoms with van der Waals surface area (Å²) in [6.07, 6.45) is 5.47. The minimum Gasteiger partial charge on any atom is -0.459 e. The number of carbonyl (C=O) groups excluding carboxylic acids is 1. The van der Waals surface area contributed by atoms with E-state index in [1.807, 2.05) is 20.8 Å². The molecule has 3 heteroatoms. The van der Waals surface area contributed by atoms with E-state index in [-0.39, 0.29) is 11.5 Å². The highest BCUT2D eigenvalue weighted by Crippen LogP contribution is 2.45. The molecule has 126 valence electrons. The van der Waals surface area contributed by atoms with Crippen LogP contribution in [-0.2, 0) is 16.0 Å². The number of carbonyl (C=O) groups is 1. The zero-order valence-electron chi connectivity index (χ0n) is 14.7. The second kappa shape index (κ2) is 6.27. The summed E-state index contributed by atoms with van der Waals surface area (Å²) < 4.78 is 5.69. The summed E-state index contributed by atoms with van der Waals surface area (Å²) >= 11 is 0. The summed E-state index contributed by atoms with van der Waals surface area (Å²) in [5.41, 5.74) is 0.690. The predicted molar refractivity (Wildman–Crippen MR) is 92.3 cm³/mol. The molecular weight excluding hydrogens is 286 g/mol. The highest BCUT2D eigenvalue weighted by Gasteiger charge is 2.57. The van der Waals surface area contributed by atoms with Gasteiger partial charge < -0.3 is 4.74 Å². The highest BCUT2D eigenvalue weighted by molar-refractivity contribution is 5.84. The van der Waals surface area contributed by atoms with E-state index >= 15 is 0 Å². The Morgan fingerprint density at radius 3 is 2.57 bits per heavy atom. The van der Waals surface area contributed by atoms with Gasteiger partial charge in [0.2, 0.25) is 0 Å². The smallest absolute Gasteiger partial charge is 0.327 e. The first-order valence-corrected chi connectivity index (χ1v) is 8.91. The Kier molecular flexibility index (Phi) is 4.50. The van der Waals surface area contributed by atoms with Gasteiger partial charge in [0, 0.05) is 6.54 Å². The minimum atomic E-state index is -0.397. The molecule has 1 aromatic rings. The molecule has 1 heterocycles. The van der Waals surface area contributed by atoms with Gasteiger partial charge in [-0.2, -0.15) is 0 Å². The van der Waals surface area contributed by atoms with Crippen LogP contribution < -0.4 is 0 Å². The molecule has 1 saturated carbocycles. The molecule has 0 N–H and O–H groups in total. The lowest BCUT2D eigenvalue weighted by Gasteiger charge is -2.38. The van der Waals surface area contributed by atoms with Crippen molar-refractivity contribution in [2.75, 3.05) is 13.1 Å². The summed E-state index contributed by atoms with van der Waals surface area (Å²) in [4.78, 5) is 15.1. The molecule has 0 spiro atoms. The van der Waals surface area contributed by atoms with E-state index in [4.69, 9.17) is 4.74 Å². The SMILES string of the molecule is CC(C)(C)OC(=O)C1(N2CCCC(Cc3ccccc3)C2)CC1. The summed E-state index contributed by atoms with van der Waals surface area (Å²) in [6, 6.07) is 10.7. The van der Waals surface area contributed by atoms with Crippen LogP contribution in [0.1, 0.15) is 52.0 Å². The zero-order chi connectivity index (χ0) is 16.5. The third-order valence-electron chi connectivity index (χ3n) is 4.99. The molecule has 0 radical (unpaired) electrons. The Morgan fingerprint density at radius 1 is 1.26 bits per heavy atom. The summed E-state index contributed by atoms with van der Waals surface area (Å²) in [7, 11) is 0. The van der Waals surface area contributed by atoms with Gasteiger partial charge in [-0.3, -0.25) is 9.69 Å². The maximum atomic E-state index is 12.6. The molecule has 1 aromatic carbocycles. The van der Waals surface area contributed by atoms with Crippen molar-refractivity contribution in [2.45, 2.75) is 64.0 Å². The Hall–Kier alpha value is -1.35. The van der Waals surface area contributed by atoms with Crippen LogP contribution >= 0.6 is 0 Å². The molecule has 2 aliphatic rings. The second-order valence-electron chi connectivity index (χ2n) is 8.18. The fourth-order valence-electron chi connectivity index (χ4n) is 3.71. The van der Waals surface area contributed by atoms with Crippen LogP contribution in [0.2, 0.25) is 0 Å². The number of ether oxygens (including phenoxy) is 1. The summed E-state index contributed by atoms with van der Waals surface area (Å²) in [5.74, 6) is 0.636. The lowest BCUT2D eigenvalue weighted by molar-refractivity contribution is -0.164. The fourth-order valence-corrected chi connectivity index (χ4v) is 3.71. The van der Waals surface area contributed by atoms with Crippen molar-refractivity contribution in [3.05, 3.63) is 35.9 Å². The van der Waals surface area contributed by atoms with Crippen LogP contribution in [0.5, 0.6) is 0 Å². The third-order valence-corrected chi connectivity index (χ3v) is 4.99. The quantitative estimate of drug-likeness (QED) is 0.791. The Bertz CT molecular complexity index is 543. The average molecular weight is 315 g/mol. The van der Waals surface area contributed by atoms with Gasteiger partial charge in [-0.25, -0.2) is 0 Å². The zero-order valence-corrected chi connectivity index (χ0v) is 14.7. The van der Waals surface area contributed by atoms with Gasteiger partial charge in [-0.05, 0) is 70.9 Å². The number of hydrogen-bond acceptors (Lipinski definition) is 3. The normalized spacial score (nSPS) is 24.2. The van der Waals surface area contributed by atoms with E-state index < -0.39 is 5.60 Å². The van der Waals surface area contributed by atoms with Crippen molar-refractivity contribution in [1.82, 2.24) is 4.90 Å². The molecule has 1 aliphatic carbocycles. The lowest BCUT2D eigenvalue weighted by atomic mass is 9.90. The van der Waals surface area contributed by atoms with Gasteiger partial charge in [0.05, 0.1) is 0 Å². The largest absolute Gasteiger partial charge is 0.459 e. The van der Waals surface area contributed by atoms with E-state index in [0.717, 1.165) is 32.4 Å². The number of nitrogens with zero attached hydrogens (tertiary/aromatic N) is 1. The molecular formula is C20H29NO2. The van der Waals surface area contributed by atoms with Crippen LogP contribution in [0.4, 0.5) is 0 Å². The monoisotopic (exact) mass is 315 g/mol. The second-order valence-corrected chi connectivity index (χ2v) is 8.18. The van der Waals surface area contributed by atoms with Crippen molar-refractivity contribution in [3.63, 3.8) is 0 Å². The van der Waals surface area contributed by atoms with Crippen molar-refractivity contribution in [3.8, 4) is 0 Å². The number of piperidine rings is 1. The maximum absolute atomic E-state index is 12.6. The molecule has 1 unspecified atom stereocenters. The molecule has 1 saturated heterocycles. The van der Waals surface area contributed by atoms with Crippen LogP contribution in [0.3, 0.4) is 0 Å². The highest BCUT2D eigenvalue weighted by atomic mass is 16.6. The number of likely N-dealkylation sites (tertiary alicyclic amines) is 1. The first-order valence-electron chi connectivity index (χ1n) is 8.91. The van der Waals surface area contributed by atoms with Crippen LogP contribution in [0, 0.1) is 5.92 Å². The standard InChI is InChI=1S/C20H29NO2/c1-19(2,3)23-18(22)20(11-12-20)21-13-7-10-17(15-21)14-16-8-5-4-6-9-16/h4-6,8-9,17H,7,10-15H2,1-3H3. The van der Waals surface area contributed by atoms with Crippen molar-refractivity contribution in [2.24, 2.45) is 5.92 Å². The number of benzene rings is 1. The van der Waals surface area contributed by atoms with Gasteiger partial charge in [0.15, 0.2) is 0 Å².